The molecule has 2 rings (SSSR count). The van der Waals surface area contributed by atoms with E-state index < -0.39 is 5.54 Å². The first-order valence-electron chi connectivity index (χ1n) is 6.03. The molecule has 1 aromatic heterocycles. The fraction of sp³-hybridized carbons (Fsp3) is 0.538. The normalized spacial score (nSPS) is 19.4. The predicted molar refractivity (Wildman–Crippen MR) is 66.6 cm³/mol. The summed E-state index contributed by atoms with van der Waals surface area (Å²) in [6.07, 6.45) is 4.47. The third-order valence-electron chi connectivity index (χ3n) is 3.19. The van der Waals surface area contributed by atoms with Crippen LogP contribution in [0.4, 0.5) is 0 Å². The lowest BCUT2D eigenvalue weighted by Crippen LogP contribution is -2.61. The van der Waals surface area contributed by atoms with Crippen LogP contribution in [0.3, 0.4) is 0 Å². The van der Waals surface area contributed by atoms with Gasteiger partial charge in [0.25, 0.3) is 0 Å². The first-order valence-corrected chi connectivity index (χ1v) is 6.03. The summed E-state index contributed by atoms with van der Waals surface area (Å²) in [5, 5.41) is 3.24. The number of hydrogen-bond donors (Lipinski definition) is 1. The van der Waals surface area contributed by atoms with Gasteiger partial charge in [0.15, 0.2) is 0 Å². The second-order valence-corrected chi connectivity index (χ2v) is 4.95. The maximum absolute atomic E-state index is 12.1. The van der Waals surface area contributed by atoms with E-state index in [0.29, 0.717) is 0 Å². The molecule has 1 fully saturated rings. The third-order valence-corrected chi connectivity index (χ3v) is 3.19. The van der Waals surface area contributed by atoms with Gasteiger partial charge in [0.2, 0.25) is 5.91 Å². The van der Waals surface area contributed by atoms with Crippen LogP contribution in [0.15, 0.2) is 24.5 Å². The molecule has 0 saturated carbocycles. The number of nitrogens with zero attached hydrogens (tertiary/aromatic N) is 2. The van der Waals surface area contributed by atoms with Gasteiger partial charge in [-0.25, -0.2) is 0 Å². The Hall–Kier alpha value is -1.42. The Bertz CT molecular complexity index is 389. The van der Waals surface area contributed by atoms with E-state index >= 15 is 0 Å². The summed E-state index contributed by atoms with van der Waals surface area (Å²) in [5.41, 5.74) is 0.806. The smallest absolute Gasteiger partial charge is 0.242 e. The van der Waals surface area contributed by atoms with Gasteiger partial charge in [-0.05, 0) is 38.0 Å². The molecule has 2 heterocycles. The largest absolute Gasteiger partial charge is 0.340 e. The Morgan fingerprint density at radius 1 is 1.41 bits per heavy atom. The van der Waals surface area contributed by atoms with E-state index in [1.54, 1.807) is 12.4 Å². The molecular formula is C13H19N3O. The van der Waals surface area contributed by atoms with Gasteiger partial charge in [0.05, 0.1) is 5.54 Å². The molecule has 0 atom stereocenters. The summed E-state index contributed by atoms with van der Waals surface area (Å²) in [4.78, 5) is 18.0. The fourth-order valence-electron chi connectivity index (χ4n) is 2.10. The van der Waals surface area contributed by atoms with Crippen LogP contribution in [0.25, 0.3) is 0 Å². The van der Waals surface area contributed by atoms with Crippen molar-refractivity contribution in [1.29, 1.82) is 0 Å². The fourth-order valence-corrected chi connectivity index (χ4v) is 2.10. The van der Waals surface area contributed by atoms with Gasteiger partial charge in [-0.1, -0.05) is 0 Å². The highest BCUT2D eigenvalue weighted by Gasteiger charge is 2.34. The molecule has 4 nitrogen and oxygen atoms in total. The number of rotatable bonds is 3. The summed E-state index contributed by atoms with van der Waals surface area (Å²) < 4.78 is 0. The van der Waals surface area contributed by atoms with Crippen LogP contribution in [-0.4, -0.2) is 41.0 Å². The number of carbonyl (C=O) groups excluding carboxylic acids is 1. The summed E-state index contributed by atoms with van der Waals surface area (Å²) in [7, 11) is 0. The minimum Gasteiger partial charge on any atom is -0.340 e. The lowest BCUT2D eigenvalue weighted by molar-refractivity contribution is -0.139. The van der Waals surface area contributed by atoms with Gasteiger partial charge in [-0.3, -0.25) is 9.78 Å². The highest BCUT2D eigenvalue weighted by molar-refractivity contribution is 5.86. The van der Waals surface area contributed by atoms with E-state index in [0.717, 1.165) is 26.1 Å². The Morgan fingerprint density at radius 2 is 2.12 bits per heavy atom. The van der Waals surface area contributed by atoms with Crippen molar-refractivity contribution in [2.24, 2.45) is 0 Å². The SMILES string of the molecule is CC1(C)NCCN(CCc2ccncc2)C1=O. The Labute approximate surface area is 102 Å². The molecule has 1 aromatic rings. The van der Waals surface area contributed by atoms with Gasteiger partial charge < -0.3 is 10.2 Å². The van der Waals surface area contributed by atoms with Crippen molar-refractivity contribution < 1.29 is 4.79 Å². The van der Waals surface area contributed by atoms with Crippen LogP contribution < -0.4 is 5.32 Å². The van der Waals surface area contributed by atoms with Crippen molar-refractivity contribution in [2.75, 3.05) is 19.6 Å². The quantitative estimate of drug-likeness (QED) is 0.841. The monoisotopic (exact) mass is 233 g/mol. The number of carbonyl (C=O) groups is 1. The molecule has 1 aliphatic rings. The zero-order valence-electron chi connectivity index (χ0n) is 10.4. The third kappa shape index (κ3) is 2.82. The van der Waals surface area contributed by atoms with Gasteiger partial charge in [0, 0.05) is 32.0 Å². The Kier molecular flexibility index (Phi) is 3.43. The average Bonchev–Trinajstić information content (AvgIpc) is 2.32. The average molecular weight is 233 g/mol. The molecule has 4 heteroatoms. The van der Waals surface area contributed by atoms with Crippen LogP contribution in [-0.2, 0) is 11.2 Å². The molecule has 17 heavy (non-hydrogen) atoms. The van der Waals surface area contributed by atoms with Crippen molar-refractivity contribution in [3.63, 3.8) is 0 Å². The predicted octanol–water partition coefficient (Wildman–Crippen LogP) is 0.834. The van der Waals surface area contributed by atoms with Crippen molar-refractivity contribution in [2.45, 2.75) is 25.8 Å². The molecule has 92 valence electrons. The van der Waals surface area contributed by atoms with Crippen molar-refractivity contribution in [3.8, 4) is 0 Å². The zero-order chi connectivity index (χ0) is 12.3. The molecule has 1 saturated heterocycles. The Balaban J connectivity index is 1.93. The van der Waals surface area contributed by atoms with E-state index in [-0.39, 0.29) is 5.91 Å². The summed E-state index contributed by atoms with van der Waals surface area (Å²) in [6.45, 7) is 6.33. The summed E-state index contributed by atoms with van der Waals surface area (Å²) in [6, 6.07) is 4.00. The van der Waals surface area contributed by atoms with Crippen LogP contribution >= 0.6 is 0 Å². The maximum Gasteiger partial charge on any atom is 0.242 e. The second-order valence-electron chi connectivity index (χ2n) is 4.95. The molecule has 1 aliphatic heterocycles. The molecule has 1 amide bonds. The zero-order valence-corrected chi connectivity index (χ0v) is 10.4. The number of piperazine rings is 1. The van der Waals surface area contributed by atoms with Crippen LogP contribution in [0.1, 0.15) is 19.4 Å². The summed E-state index contributed by atoms with van der Waals surface area (Å²) in [5.74, 6) is 0.192. The van der Waals surface area contributed by atoms with Crippen LogP contribution in [0, 0.1) is 0 Å². The molecule has 1 N–H and O–H groups in total. The number of nitrogens with one attached hydrogen (secondary N) is 1. The number of hydrogen-bond acceptors (Lipinski definition) is 3. The van der Waals surface area contributed by atoms with Gasteiger partial charge in [0.1, 0.15) is 0 Å². The van der Waals surface area contributed by atoms with Crippen molar-refractivity contribution in [3.05, 3.63) is 30.1 Å². The van der Waals surface area contributed by atoms with E-state index in [2.05, 4.69) is 10.3 Å². The van der Waals surface area contributed by atoms with Crippen molar-refractivity contribution >= 4 is 5.91 Å². The van der Waals surface area contributed by atoms with Gasteiger partial charge >= 0.3 is 0 Å². The molecule has 0 radical (unpaired) electrons. The highest BCUT2D eigenvalue weighted by atomic mass is 16.2. The number of pyridine rings is 1. The van der Waals surface area contributed by atoms with Crippen LogP contribution in [0.2, 0.25) is 0 Å². The maximum atomic E-state index is 12.1. The summed E-state index contributed by atoms with van der Waals surface area (Å²) >= 11 is 0. The highest BCUT2D eigenvalue weighted by Crippen LogP contribution is 2.13. The Morgan fingerprint density at radius 3 is 2.82 bits per heavy atom. The number of aromatic nitrogens is 1. The minimum atomic E-state index is -0.420. The van der Waals surface area contributed by atoms with Crippen molar-refractivity contribution in [1.82, 2.24) is 15.2 Å². The standard InChI is InChI=1S/C13H19N3O/c1-13(2)12(17)16(10-8-15-13)9-5-11-3-6-14-7-4-11/h3-4,6-7,15H,5,8-10H2,1-2H3. The molecule has 0 aliphatic carbocycles. The first kappa shape index (κ1) is 12.0. The minimum absolute atomic E-state index is 0.192. The van der Waals surface area contributed by atoms with Gasteiger partial charge in [-0.15, -0.1) is 0 Å². The van der Waals surface area contributed by atoms with E-state index in [1.807, 2.05) is 30.9 Å². The van der Waals surface area contributed by atoms with E-state index in [1.165, 1.54) is 5.56 Å². The number of amides is 1. The molecular weight excluding hydrogens is 214 g/mol. The second kappa shape index (κ2) is 4.84. The lowest BCUT2D eigenvalue weighted by atomic mass is 10.0. The molecule has 0 spiro atoms. The topological polar surface area (TPSA) is 45.2 Å². The molecule has 0 bridgehead atoms. The molecule has 0 aromatic carbocycles. The van der Waals surface area contributed by atoms with Gasteiger partial charge in [-0.2, -0.15) is 0 Å². The van der Waals surface area contributed by atoms with E-state index in [9.17, 15) is 4.79 Å². The lowest BCUT2D eigenvalue weighted by Gasteiger charge is -2.38. The van der Waals surface area contributed by atoms with E-state index in [4.69, 9.17) is 0 Å². The first-order chi connectivity index (χ1) is 8.09. The van der Waals surface area contributed by atoms with Crippen LogP contribution in [0.5, 0.6) is 0 Å². The molecule has 0 unspecified atom stereocenters.